The molecule has 2 aromatic carbocycles. The monoisotopic (exact) mass is 576 g/mol. The maximum Gasteiger partial charge on any atom is 0.270 e. The molecule has 1 saturated heterocycles. The SMILES string of the molecule is CS(=O)(=O)N1CCN(CCn2c3ccccc3n3c(=O)cc(C(=O)NCc4ccc(Cl)c(Cl)c4)nc23)CC1. The molecule has 0 aliphatic carbocycles. The number of aromatic nitrogens is 3. The van der Waals surface area contributed by atoms with E-state index in [0.29, 0.717) is 60.6 Å². The predicted molar refractivity (Wildman–Crippen MR) is 147 cm³/mol. The Morgan fingerprint density at radius 1 is 0.974 bits per heavy atom. The van der Waals surface area contributed by atoms with Gasteiger partial charge in [0.2, 0.25) is 15.8 Å². The molecule has 1 amide bonds. The van der Waals surface area contributed by atoms with Gasteiger partial charge in [0, 0.05) is 51.9 Å². The summed E-state index contributed by atoms with van der Waals surface area (Å²) in [6.07, 6.45) is 1.22. The first-order valence-corrected chi connectivity index (χ1v) is 14.6. The summed E-state index contributed by atoms with van der Waals surface area (Å²) in [5.41, 5.74) is 1.94. The second-order valence-corrected chi connectivity index (χ2v) is 12.0. The van der Waals surface area contributed by atoms with E-state index in [9.17, 15) is 18.0 Å². The number of nitrogens with zero attached hydrogens (tertiary/aromatic N) is 5. The van der Waals surface area contributed by atoms with E-state index in [1.54, 1.807) is 18.2 Å². The number of nitrogens with one attached hydrogen (secondary N) is 1. The van der Waals surface area contributed by atoms with Gasteiger partial charge in [-0.15, -0.1) is 0 Å². The molecule has 0 atom stereocenters. The van der Waals surface area contributed by atoms with Gasteiger partial charge in [-0.2, -0.15) is 4.31 Å². The van der Waals surface area contributed by atoms with E-state index in [1.165, 1.54) is 21.0 Å². The van der Waals surface area contributed by atoms with Crippen LogP contribution < -0.4 is 10.9 Å². The molecule has 0 unspecified atom stereocenters. The van der Waals surface area contributed by atoms with Crippen molar-refractivity contribution in [1.29, 1.82) is 0 Å². The van der Waals surface area contributed by atoms with E-state index >= 15 is 0 Å². The van der Waals surface area contributed by atoms with E-state index in [1.807, 2.05) is 28.8 Å². The van der Waals surface area contributed by atoms with Gasteiger partial charge in [0.05, 0.1) is 27.3 Å². The van der Waals surface area contributed by atoms with Crippen LogP contribution in [-0.4, -0.2) is 76.5 Å². The quantitative estimate of drug-likeness (QED) is 0.362. The Morgan fingerprint density at radius 2 is 1.68 bits per heavy atom. The van der Waals surface area contributed by atoms with Crippen molar-refractivity contribution < 1.29 is 13.2 Å². The minimum Gasteiger partial charge on any atom is -0.347 e. The Hall–Kier alpha value is -2.96. The average molecular weight is 577 g/mol. The number of fused-ring (bicyclic) bond motifs is 3. The number of piperazine rings is 1. The summed E-state index contributed by atoms with van der Waals surface area (Å²) in [5, 5.41) is 3.60. The van der Waals surface area contributed by atoms with Gasteiger partial charge in [-0.05, 0) is 29.8 Å². The van der Waals surface area contributed by atoms with Crippen molar-refractivity contribution in [3.05, 3.63) is 80.2 Å². The Labute approximate surface area is 229 Å². The number of para-hydroxylation sites is 2. The normalized spacial score (nSPS) is 15.3. The first kappa shape index (κ1) is 26.6. The molecule has 3 heterocycles. The molecule has 2 aromatic heterocycles. The number of benzene rings is 2. The van der Waals surface area contributed by atoms with Crippen molar-refractivity contribution in [2.45, 2.75) is 13.1 Å². The molecule has 1 aliphatic heterocycles. The zero-order valence-electron chi connectivity index (χ0n) is 20.6. The Kier molecular flexibility index (Phi) is 7.47. The number of hydrogen-bond donors (Lipinski definition) is 1. The second-order valence-electron chi connectivity index (χ2n) is 9.19. The molecule has 0 bridgehead atoms. The summed E-state index contributed by atoms with van der Waals surface area (Å²) in [6.45, 7) is 3.44. The lowest BCUT2D eigenvalue weighted by atomic mass is 10.2. The first-order valence-electron chi connectivity index (χ1n) is 12.0. The number of rotatable bonds is 7. The van der Waals surface area contributed by atoms with Gasteiger partial charge >= 0.3 is 0 Å². The highest BCUT2D eigenvalue weighted by molar-refractivity contribution is 7.88. The fraction of sp³-hybridized carbons (Fsp3) is 0.320. The van der Waals surface area contributed by atoms with Crippen LogP contribution in [0.1, 0.15) is 16.1 Å². The van der Waals surface area contributed by atoms with Gasteiger partial charge in [0.15, 0.2) is 0 Å². The van der Waals surface area contributed by atoms with Crippen molar-refractivity contribution in [2.75, 3.05) is 39.0 Å². The van der Waals surface area contributed by atoms with Crippen LogP contribution in [0.15, 0.2) is 53.3 Å². The van der Waals surface area contributed by atoms with Gasteiger partial charge in [-0.3, -0.25) is 14.5 Å². The summed E-state index contributed by atoms with van der Waals surface area (Å²) in [6, 6.07) is 13.8. The fourth-order valence-electron chi connectivity index (χ4n) is 4.65. The van der Waals surface area contributed by atoms with Crippen LogP contribution in [-0.2, 0) is 23.1 Å². The molecule has 1 aliphatic rings. The van der Waals surface area contributed by atoms with E-state index in [0.717, 1.165) is 11.1 Å². The van der Waals surface area contributed by atoms with Crippen molar-refractivity contribution in [2.24, 2.45) is 0 Å². The van der Waals surface area contributed by atoms with Gasteiger partial charge in [0.1, 0.15) is 5.69 Å². The average Bonchev–Trinajstić information content (AvgIpc) is 3.21. The minimum atomic E-state index is -3.21. The highest BCUT2D eigenvalue weighted by Crippen LogP contribution is 2.23. The third-order valence-electron chi connectivity index (χ3n) is 6.67. The summed E-state index contributed by atoms with van der Waals surface area (Å²) < 4.78 is 28.6. The first-order chi connectivity index (χ1) is 18.1. The van der Waals surface area contributed by atoms with Crippen LogP contribution in [0.25, 0.3) is 16.8 Å². The maximum absolute atomic E-state index is 13.1. The Bertz CT molecular complexity index is 1690. The van der Waals surface area contributed by atoms with Gasteiger partial charge in [0.25, 0.3) is 11.5 Å². The predicted octanol–water partition coefficient (Wildman–Crippen LogP) is 2.46. The second kappa shape index (κ2) is 10.7. The van der Waals surface area contributed by atoms with Gasteiger partial charge in [-0.1, -0.05) is 41.4 Å². The Balaban J connectivity index is 1.40. The van der Waals surface area contributed by atoms with Crippen LogP contribution >= 0.6 is 23.2 Å². The van der Waals surface area contributed by atoms with Crippen LogP contribution in [0.4, 0.5) is 0 Å². The molecule has 0 spiro atoms. The molecule has 13 heteroatoms. The van der Waals surface area contributed by atoms with E-state index in [2.05, 4.69) is 15.2 Å². The standard InChI is InChI=1S/C25H26Cl2N6O4S/c1-38(36,37)31-11-8-30(9-12-31)10-13-32-21-4-2-3-5-22(21)33-23(34)15-20(29-25(32)33)24(35)28-16-17-6-7-18(26)19(27)14-17/h2-7,14-15H,8-13,16H2,1H3,(H,28,35). The third kappa shape index (κ3) is 5.43. The zero-order valence-corrected chi connectivity index (χ0v) is 22.9. The number of carbonyl (C=O) groups is 1. The zero-order chi connectivity index (χ0) is 27.0. The van der Waals surface area contributed by atoms with Gasteiger partial charge in [-0.25, -0.2) is 17.8 Å². The number of imidazole rings is 1. The topological polar surface area (TPSA) is 109 Å². The molecular formula is C25H26Cl2N6O4S. The molecule has 0 radical (unpaired) electrons. The molecule has 200 valence electrons. The number of sulfonamides is 1. The largest absolute Gasteiger partial charge is 0.347 e. The smallest absolute Gasteiger partial charge is 0.270 e. The molecule has 5 rings (SSSR count). The number of amides is 1. The lowest BCUT2D eigenvalue weighted by Gasteiger charge is -2.33. The number of hydrogen-bond acceptors (Lipinski definition) is 6. The lowest BCUT2D eigenvalue weighted by molar-refractivity contribution is 0.0945. The number of carbonyl (C=O) groups excluding carboxylic acids is 1. The fourth-order valence-corrected chi connectivity index (χ4v) is 5.80. The molecule has 4 aromatic rings. The molecule has 1 N–H and O–H groups in total. The van der Waals surface area contributed by atoms with Crippen LogP contribution in [0, 0.1) is 0 Å². The minimum absolute atomic E-state index is 0.0147. The summed E-state index contributed by atoms with van der Waals surface area (Å²) in [5.74, 6) is -0.113. The highest BCUT2D eigenvalue weighted by atomic mass is 35.5. The molecular weight excluding hydrogens is 551 g/mol. The van der Waals surface area contributed by atoms with Gasteiger partial charge < -0.3 is 9.88 Å². The lowest BCUT2D eigenvalue weighted by Crippen LogP contribution is -2.48. The third-order valence-corrected chi connectivity index (χ3v) is 8.71. The van der Waals surface area contributed by atoms with Crippen LogP contribution in [0.5, 0.6) is 0 Å². The van der Waals surface area contributed by atoms with Crippen LogP contribution in [0.2, 0.25) is 10.0 Å². The number of halogens is 2. The highest BCUT2D eigenvalue weighted by Gasteiger charge is 2.24. The molecule has 10 nitrogen and oxygen atoms in total. The van der Waals surface area contributed by atoms with Crippen LogP contribution in [0.3, 0.4) is 0 Å². The molecule has 1 fully saturated rings. The van der Waals surface area contributed by atoms with E-state index < -0.39 is 15.9 Å². The van der Waals surface area contributed by atoms with Crippen molar-refractivity contribution in [3.63, 3.8) is 0 Å². The maximum atomic E-state index is 13.1. The van der Waals surface area contributed by atoms with E-state index in [-0.39, 0.29) is 17.8 Å². The molecule has 38 heavy (non-hydrogen) atoms. The van der Waals surface area contributed by atoms with Crippen molar-refractivity contribution in [3.8, 4) is 0 Å². The van der Waals surface area contributed by atoms with Crippen molar-refractivity contribution >= 4 is 55.9 Å². The summed E-state index contributed by atoms with van der Waals surface area (Å²) >= 11 is 12.0. The van der Waals surface area contributed by atoms with Crippen molar-refractivity contribution in [1.82, 2.24) is 28.5 Å². The summed E-state index contributed by atoms with van der Waals surface area (Å²) in [7, 11) is -3.21. The Morgan fingerprint density at radius 3 is 2.37 bits per heavy atom. The van der Waals surface area contributed by atoms with E-state index in [4.69, 9.17) is 23.2 Å². The summed E-state index contributed by atoms with van der Waals surface area (Å²) in [4.78, 5) is 32.9. The molecule has 0 saturated carbocycles.